The Labute approximate surface area is 332 Å². The molecule has 3 aromatic carbocycles. The SMILES string of the molecule is CC(C)c1c(C(=O)Nc2ccccc2)c(-c2ccccc2)c(-c2ccc(F)cc2)n1CC[C@@H](O)C[C@@H](O)CC(=O)O.Cc1cccn2c(=O)c(-c3nn[nH]n3)cnc12. The summed E-state index contributed by atoms with van der Waals surface area (Å²) in [5.41, 5.74) is 6.45. The normalized spacial score (nSPS) is 12.2. The number of amides is 1. The summed E-state index contributed by atoms with van der Waals surface area (Å²) in [6, 6.07) is 28.5. The Bertz CT molecular complexity index is 2540. The minimum Gasteiger partial charge on any atom is -0.481 e. The van der Waals surface area contributed by atoms with E-state index in [4.69, 9.17) is 5.11 Å². The number of nitrogens with zero attached hydrogens (tertiary/aromatic N) is 6. The smallest absolute Gasteiger partial charge is 0.305 e. The van der Waals surface area contributed by atoms with E-state index in [9.17, 15) is 29.0 Å². The van der Waals surface area contributed by atoms with Gasteiger partial charge in [0.25, 0.3) is 11.5 Å². The summed E-state index contributed by atoms with van der Waals surface area (Å²) in [6.07, 6.45) is 0.628. The number of carbonyl (C=O) groups excluding carboxylic acids is 1. The Hall–Kier alpha value is -6.84. The van der Waals surface area contributed by atoms with Crippen LogP contribution in [0.3, 0.4) is 0 Å². The molecule has 58 heavy (non-hydrogen) atoms. The van der Waals surface area contributed by atoms with Gasteiger partial charge in [0.05, 0.1) is 29.9 Å². The predicted octanol–water partition coefficient (Wildman–Crippen LogP) is 6.50. The molecule has 15 heteroatoms. The van der Waals surface area contributed by atoms with Crippen LogP contribution in [0.1, 0.15) is 60.6 Å². The maximum atomic E-state index is 14.0. The van der Waals surface area contributed by atoms with E-state index in [-0.39, 0.29) is 48.4 Å². The second-order valence-electron chi connectivity index (χ2n) is 14.0. The fourth-order valence-corrected chi connectivity index (χ4v) is 6.88. The molecule has 0 saturated heterocycles. The number of benzene rings is 3. The first kappa shape index (κ1) is 40.8. The highest BCUT2D eigenvalue weighted by Crippen LogP contribution is 2.42. The lowest BCUT2D eigenvalue weighted by molar-refractivity contribution is -0.139. The molecule has 2 atom stereocenters. The minimum atomic E-state index is -1.18. The molecule has 5 N–H and O–H groups in total. The molecule has 7 aromatic rings. The lowest BCUT2D eigenvalue weighted by Gasteiger charge is -2.20. The third kappa shape index (κ3) is 9.40. The Morgan fingerprint density at radius 1 is 0.897 bits per heavy atom. The number of hydrogen-bond donors (Lipinski definition) is 5. The number of anilines is 1. The number of aliphatic hydroxyl groups excluding tert-OH is 2. The molecule has 298 valence electrons. The van der Waals surface area contributed by atoms with Gasteiger partial charge in [-0.1, -0.05) is 68.4 Å². The topological polar surface area (TPSA) is 201 Å². The van der Waals surface area contributed by atoms with Crippen LogP contribution in [-0.4, -0.2) is 74.0 Å². The number of aliphatic hydroxyl groups is 2. The molecule has 1 amide bonds. The molecule has 0 fully saturated rings. The van der Waals surface area contributed by atoms with E-state index in [1.165, 1.54) is 22.7 Å². The number of carbonyl (C=O) groups is 2. The number of halogens is 1. The maximum absolute atomic E-state index is 14.0. The van der Waals surface area contributed by atoms with Crippen molar-refractivity contribution in [1.29, 1.82) is 0 Å². The molecule has 0 unspecified atom stereocenters. The van der Waals surface area contributed by atoms with Crippen molar-refractivity contribution < 1.29 is 29.3 Å². The van der Waals surface area contributed by atoms with Crippen molar-refractivity contribution in [2.24, 2.45) is 0 Å². The van der Waals surface area contributed by atoms with Gasteiger partial charge in [-0.15, -0.1) is 10.2 Å². The van der Waals surface area contributed by atoms with E-state index in [1.54, 1.807) is 24.4 Å². The number of aromatic amines is 1. The number of aryl methyl sites for hydroxylation is 1. The average molecular weight is 787 g/mol. The van der Waals surface area contributed by atoms with Crippen molar-refractivity contribution in [2.45, 2.75) is 64.7 Å². The number of pyridine rings is 1. The van der Waals surface area contributed by atoms with Crippen molar-refractivity contribution in [3.63, 3.8) is 0 Å². The van der Waals surface area contributed by atoms with Crippen LogP contribution >= 0.6 is 0 Å². The molecule has 4 heterocycles. The average Bonchev–Trinajstić information content (AvgIpc) is 3.86. The summed E-state index contributed by atoms with van der Waals surface area (Å²) in [5.74, 6) is -1.69. The quantitative estimate of drug-likeness (QED) is 0.0860. The van der Waals surface area contributed by atoms with E-state index >= 15 is 0 Å². The van der Waals surface area contributed by atoms with Crippen LogP contribution in [0.25, 0.3) is 39.4 Å². The molecule has 0 aliphatic heterocycles. The van der Waals surface area contributed by atoms with E-state index < -0.39 is 24.6 Å². The second-order valence-corrected chi connectivity index (χ2v) is 14.0. The van der Waals surface area contributed by atoms with Gasteiger partial charge in [-0.25, -0.2) is 9.37 Å². The molecule has 7 rings (SSSR count). The molecule has 0 spiro atoms. The number of carboxylic acid groups (broad SMARTS) is 1. The molecule has 0 aliphatic rings. The maximum Gasteiger partial charge on any atom is 0.305 e. The summed E-state index contributed by atoms with van der Waals surface area (Å²) in [5, 5.41) is 46.1. The van der Waals surface area contributed by atoms with Crippen molar-refractivity contribution in [2.75, 3.05) is 5.32 Å². The number of aliphatic carboxylic acids is 1. The molecule has 14 nitrogen and oxygen atoms in total. The zero-order chi connectivity index (χ0) is 41.3. The van der Waals surface area contributed by atoms with Crippen LogP contribution in [0, 0.1) is 12.7 Å². The first-order valence-electron chi connectivity index (χ1n) is 18.7. The van der Waals surface area contributed by atoms with Gasteiger partial charge in [0, 0.05) is 35.9 Å². The highest BCUT2D eigenvalue weighted by atomic mass is 19.1. The van der Waals surface area contributed by atoms with E-state index in [1.807, 2.05) is 92.1 Å². The fourth-order valence-electron chi connectivity index (χ4n) is 6.88. The zero-order valence-corrected chi connectivity index (χ0v) is 32.1. The number of rotatable bonds is 13. The van der Waals surface area contributed by atoms with Crippen LogP contribution in [0.2, 0.25) is 0 Å². The van der Waals surface area contributed by atoms with Crippen LogP contribution in [0.15, 0.2) is 114 Å². The molecule has 0 bridgehead atoms. The van der Waals surface area contributed by atoms with Gasteiger partial charge >= 0.3 is 5.97 Å². The first-order valence-corrected chi connectivity index (χ1v) is 18.7. The summed E-state index contributed by atoms with van der Waals surface area (Å²) >= 11 is 0. The highest BCUT2D eigenvalue weighted by Gasteiger charge is 2.31. The zero-order valence-electron chi connectivity index (χ0n) is 32.1. The summed E-state index contributed by atoms with van der Waals surface area (Å²) in [6.45, 7) is 6.15. The Morgan fingerprint density at radius 2 is 1.59 bits per heavy atom. The van der Waals surface area contributed by atoms with Crippen LogP contribution in [-0.2, 0) is 11.3 Å². The lowest BCUT2D eigenvalue weighted by atomic mass is 9.94. The molecule has 4 aromatic heterocycles. The van der Waals surface area contributed by atoms with Gasteiger partial charge in [0.15, 0.2) is 0 Å². The third-order valence-corrected chi connectivity index (χ3v) is 9.44. The van der Waals surface area contributed by atoms with Crippen molar-refractivity contribution in [3.05, 3.63) is 142 Å². The number of nitrogens with one attached hydrogen (secondary N) is 2. The Balaban J connectivity index is 0.000000275. The largest absolute Gasteiger partial charge is 0.481 e. The molecule has 0 aliphatic carbocycles. The Morgan fingerprint density at radius 3 is 2.22 bits per heavy atom. The first-order chi connectivity index (χ1) is 27.9. The number of tetrazole rings is 1. The van der Waals surface area contributed by atoms with Gasteiger partial charge in [-0.05, 0) is 90.1 Å². The van der Waals surface area contributed by atoms with Crippen molar-refractivity contribution >= 4 is 23.2 Å². The highest BCUT2D eigenvalue weighted by molar-refractivity contribution is 6.12. The summed E-state index contributed by atoms with van der Waals surface area (Å²) < 4.78 is 17.5. The monoisotopic (exact) mass is 786 g/mol. The van der Waals surface area contributed by atoms with E-state index in [0.717, 1.165) is 16.8 Å². The summed E-state index contributed by atoms with van der Waals surface area (Å²) in [7, 11) is 0. The van der Waals surface area contributed by atoms with Gasteiger partial charge in [0.1, 0.15) is 17.0 Å². The lowest BCUT2D eigenvalue weighted by Crippen LogP contribution is -2.22. The van der Waals surface area contributed by atoms with Gasteiger partial charge < -0.3 is 25.2 Å². The second kappa shape index (κ2) is 18.4. The number of carboxylic acids is 1. The predicted molar refractivity (Wildman–Crippen MR) is 217 cm³/mol. The molecular weight excluding hydrogens is 744 g/mol. The number of H-pyrrole nitrogens is 1. The van der Waals surface area contributed by atoms with Gasteiger partial charge in [-0.2, -0.15) is 5.21 Å². The van der Waals surface area contributed by atoms with Crippen LogP contribution in [0.4, 0.5) is 10.1 Å². The van der Waals surface area contributed by atoms with Crippen molar-refractivity contribution in [3.8, 4) is 33.8 Å². The van der Waals surface area contributed by atoms with E-state index in [2.05, 4.69) is 30.9 Å². The molecular formula is C43H43FN8O6. The Kier molecular flexibility index (Phi) is 12.9. The fraction of sp³-hybridized carbons (Fsp3) is 0.233. The molecule has 0 saturated carbocycles. The third-order valence-electron chi connectivity index (χ3n) is 9.44. The number of fused-ring (bicyclic) bond motifs is 1. The summed E-state index contributed by atoms with van der Waals surface area (Å²) in [4.78, 5) is 41.4. The van der Waals surface area contributed by atoms with E-state index in [0.29, 0.717) is 39.3 Å². The van der Waals surface area contributed by atoms with Gasteiger partial charge in [-0.3, -0.25) is 18.8 Å². The van der Waals surface area contributed by atoms with Crippen molar-refractivity contribution in [1.82, 2.24) is 34.6 Å². The number of para-hydroxylation sites is 1. The molecule has 0 radical (unpaired) electrons. The standard InChI is InChI=1S/C33H35FN2O5.C10H8N6O/c1-21(2)31-30(33(41)35-25-11-7-4-8-12-25)29(22-9-5-3-6-10-22)32(23-13-15-24(34)16-14-23)36(31)18-17-26(37)19-27(38)20-28(39)40;1-6-3-2-4-16-9(6)11-5-7(10(16)17)8-12-14-15-13-8/h3-16,21,26-27,37-38H,17-20H2,1-2H3,(H,35,41)(H,39,40);2-5H,1H3,(H,12,13,14,15)/t26-,27-;/m1./s1. The minimum absolute atomic E-state index is 0.0939. The van der Waals surface area contributed by atoms with Gasteiger partial charge in [0.2, 0.25) is 5.82 Å². The number of aromatic nitrogens is 7. The van der Waals surface area contributed by atoms with Crippen LogP contribution in [0.5, 0.6) is 0 Å². The van der Waals surface area contributed by atoms with Crippen LogP contribution < -0.4 is 10.9 Å². The number of hydrogen-bond acceptors (Lipinski definition) is 9.